The molecule has 0 aromatic heterocycles. The molecular formula is C59H70N2. The van der Waals surface area contributed by atoms with E-state index < -0.39 is 0 Å². The molecule has 0 saturated carbocycles. The minimum absolute atomic E-state index is 0.105. The molecule has 5 aromatic rings. The summed E-state index contributed by atoms with van der Waals surface area (Å²) in [6.07, 6.45) is 29.9. The first-order valence-corrected chi connectivity index (χ1v) is 23.7. The number of nitrogens with zero attached hydrogens (tertiary/aromatic N) is 2. The van der Waals surface area contributed by atoms with Gasteiger partial charge in [0.05, 0.1) is 0 Å². The maximum absolute atomic E-state index is 4.20. The summed E-state index contributed by atoms with van der Waals surface area (Å²) in [5.41, 5.74) is 16.5. The molecule has 5 aromatic carbocycles. The number of aryl methyl sites for hydroxylation is 2. The lowest BCUT2D eigenvalue weighted by molar-refractivity contribution is 0.398. The van der Waals surface area contributed by atoms with Crippen molar-refractivity contribution in [3.8, 4) is 11.1 Å². The Morgan fingerprint density at radius 1 is 0.557 bits per heavy atom. The first-order chi connectivity index (χ1) is 29.9. The van der Waals surface area contributed by atoms with Gasteiger partial charge >= 0.3 is 0 Å². The van der Waals surface area contributed by atoms with E-state index in [0.717, 1.165) is 30.5 Å². The SMILES string of the molecule is C=Cc1cccc(N(c2cccc(C)c2)c2ccc3c(c2)C(CCCCCCCC)(CCCCCCCC)c2cc(N(C4=CC(C=C)CC=C4)c4cccc(C)c4)ccc2-3)c1. The molecule has 2 aliphatic carbocycles. The summed E-state index contributed by atoms with van der Waals surface area (Å²) in [6.45, 7) is 17.4. The molecule has 0 saturated heterocycles. The molecule has 1 atom stereocenters. The van der Waals surface area contributed by atoms with E-state index in [9.17, 15) is 0 Å². The molecule has 0 amide bonds. The second kappa shape index (κ2) is 21.0. The average molecular weight is 807 g/mol. The highest BCUT2D eigenvalue weighted by Gasteiger charge is 2.43. The van der Waals surface area contributed by atoms with Crippen molar-refractivity contribution >= 4 is 34.5 Å². The molecule has 1 unspecified atom stereocenters. The fourth-order valence-electron chi connectivity index (χ4n) is 10.0. The van der Waals surface area contributed by atoms with E-state index in [4.69, 9.17) is 0 Å². The van der Waals surface area contributed by atoms with Crippen molar-refractivity contribution in [2.24, 2.45) is 5.92 Å². The lowest BCUT2D eigenvalue weighted by Gasteiger charge is -2.35. The zero-order valence-electron chi connectivity index (χ0n) is 37.8. The lowest BCUT2D eigenvalue weighted by atomic mass is 9.70. The first kappa shape index (κ1) is 43.7. The van der Waals surface area contributed by atoms with E-state index in [1.165, 1.54) is 139 Å². The maximum atomic E-state index is 4.20. The molecule has 7 rings (SSSR count). The molecule has 0 fully saturated rings. The van der Waals surface area contributed by atoms with Crippen LogP contribution in [0.4, 0.5) is 28.4 Å². The van der Waals surface area contributed by atoms with E-state index in [2.05, 4.69) is 184 Å². The minimum Gasteiger partial charge on any atom is -0.311 e. The van der Waals surface area contributed by atoms with Gasteiger partial charge in [0.2, 0.25) is 0 Å². The summed E-state index contributed by atoms with van der Waals surface area (Å²) in [7, 11) is 0. The highest BCUT2D eigenvalue weighted by Crippen LogP contribution is 2.57. The van der Waals surface area contributed by atoms with E-state index >= 15 is 0 Å². The van der Waals surface area contributed by atoms with Crippen LogP contribution in [0.1, 0.15) is 138 Å². The lowest BCUT2D eigenvalue weighted by Crippen LogP contribution is -2.26. The van der Waals surface area contributed by atoms with Gasteiger partial charge in [0.1, 0.15) is 0 Å². The first-order valence-electron chi connectivity index (χ1n) is 23.7. The number of anilines is 5. The van der Waals surface area contributed by atoms with Crippen LogP contribution in [0.3, 0.4) is 0 Å². The maximum Gasteiger partial charge on any atom is 0.0467 e. The van der Waals surface area contributed by atoms with Crippen molar-refractivity contribution in [2.45, 2.75) is 129 Å². The molecule has 0 radical (unpaired) electrons. The standard InChI is InChI=1S/C59H70N2/c1-7-11-13-15-17-19-37-59(38-20-18-16-14-12-8-2)57-43-53(60(49-29-21-25-45(5)39-49)51-31-23-27-47(9-3)41-51)33-35-55(57)56-36-34-54(44-58(56)59)61(50-30-22-26-46(6)40-50)52-32-24-28-48(10-4)42-52/h9-10,21-27,29-36,39-44,48H,3-4,7-8,11-20,28,37-38H2,1-2,5-6H3. The van der Waals surface area contributed by atoms with Crippen LogP contribution in [0.25, 0.3) is 17.2 Å². The van der Waals surface area contributed by atoms with Crippen LogP contribution in [0.5, 0.6) is 0 Å². The van der Waals surface area contributed by atoms with Crippen LogP contribution in [0, 0.1) is 19.8 Å². The van der Waals surface area contributed by atoms with E-state index in [1.54, 1.807) is 0 Å². The molecule has 0 bridgehead atoms. The molecule has 0 heterocycles. The Bertz CT molecular complexity index is 2310. The fourth-order valence-corrected chi connectivity index (χ4v) is 10.0. The Morgan fingerprint density at radius 3 is 1.59 bits per heavy atom. The molecule has 2 nitrogen and oxygen atoms in total. The summed E-state index contributed by atoms with van der Waals surface area (Å²) in [4.78, 5) is 4.96. The Balaban J connectivity index is 1.41. The van der Waals surface area contributed by atoms with E-state index in [1.807, 2.05) is 6.08 Å². The van der Waals surface area contributed by atoms with Gasteiger partial charge in [0.25, 0.3) is 0 Å². The van der Waals surface area contributed by atoms with Crippen molar-refractivity contribution in [3.05, 3.63) is 180 Å². The van der Waals surface area contributed by atoms with Crippen LogP contribution in [0.2, 0.25) is 0 Å². The summed E-state index contributed by atoms with van der Waals surface area (Å²) in [5.74, 6) is 0.312. The van der Waals surface area contributed by atoms with Gasteiger partial charge in [-0.2, -0.15) is 0 Å². The number of hydrogen-bond donors (Lipinski definition) is 0. The summed E-state index contributed by atoms with van der Waals surface area (Å²) in [6, 6.07) is 41.7. The van der Waals surface area contributed by atoms with E-state index in [0.29, 0.717) is 5.92 Å². The number of unbranched alkanes of at least 4 members (excludes halogenated alkanes) is 10. The smallest absolute Gasteiger partial charge is 0.0467 e. The third-order valence-corrected chi connectivity index (χ3v) is 13.3. The molecule has 0 aliphatic heterocycles. The molecule has 0 N–H and O–H groups in total. The van der Waals surface area contributed by atoms with Crippen molar-refractivity contribution in [3.63, 3.8) is 0 Å². The van der Waals surface area contributed by atoms with Crippen molar-refractivity contribution in [1.29, 1.82) is 0 Å². The number of allylic oxidation sites excluding steroid dienone is 4. The van der Waals surface area contributed by atoms with Crippen molar-refractivity contribution < 1.29 is 0 Å². The van der Waals surface area contributed by atoms with Crippen LogP contribution in [0.15, 0.2) is 152 Å². The third kappa shape index (κ3) is 10.1. The van der Waals surface area contributed by atoms with Gasteiger partial charge in [-0.3, -0.25) is 0 Å². The van der Waals surface area contributed by atoms with Crippen LogP contribution in [-0.2, 0) is 5.41 Å². The Kier molecular flexibility index (Phi) is 15.0. The highest BCUT2D eigenvalue weighted by atomic mass is 15.2. The quantitative estimate of drug-likeness (QED) is 0.0508. The van der Waals surface area contributed by atoms with Crippen molar-refractivity contribution in [1.82, 2.24) is 0 Å². The highest BCUT2D eigenvalue weighted by molar-refractivity contribution is 5.88. The number of hydrogen-bond acceptors (Lipinski definition) is 2. The number of benzene rings is 5. The van der Waals surface area contributed by atoms with Crippen LogP contribution in [-0.4, -0.2) is 0 Å². The fraction of sp³-hybridized carbons (Fsp3) is 0.356. The molecule has 2 heteroatoms. The van der Waals surface area contributed by atoms with Crippen LogP contribution >= 0.6 is 0 Å². The van der Waals surface area contributed by atoms with E-state index in [-0.39, 0.29) is 5.41 Å². The Hall–Kier alpha value is -5.34. The van der Waals surface area contributed by atoms with Gasteiger partial charge in [-0.15, -0.1) is 6.58 Å². The number of rotatable bonds is 22. The number of fused-ring (bicyclic) bond motifs is 3. The third-order valence-electron chi connectivity index (χ3n) is 13.3. The zero-order valence-corrected chi connectivity index (χ0v) is 37.8. The van der Waals surface area contributed by atoms with Gasteiger partial charge in [-0.25, -0.2) is 0 Å². The normalized spacial score (nSPS) is 14.9. The second-order valence-electron chi connectivity index (χ2n) is 17.9. The molecule has 316 valence electrons. The molecule has 0 spiro atoms. The van der Waals surface area contributed by atoms with Gasteiger partial charge in [0, 0.05) is 45.5 Å². The van der Waals surface area contributed by atoms with Gasteiger partial charge in [-0.05, 0) is 139 Å². The molecule has 61 heavy (non-hydrogen) atoms. The van der Waals surface area contributed by atoms with Gasteiger partial charge in [-0.1, -0.05) is 170 Å². The monoisotopic (exact) mass is 807 g/mol. The summed E-state index contributed by atoms with van der Waals surface area (Å²) in [5, 5.41) is 0. The average Bonchev–Trinajstić information content (AvgIpc) is 3.54. The molecular weight excluding hydrogens is 737 g/mol. The van der Waals surface area contributed by atoms with Crippen molar-refractivity contribution in [2.75, 3.05) is 9.80 Å². The minimum atomic E-state index is -0.105. The predicted molar refractivity (Wildman–Crippen MR) is 267 cm³/mol. The molecule has 2 aliphatic rings. The van der Waals surface area contributed by atoms with Gasteiger partial charge in [0.15, 0.2) is 0 Å². The largest absolute Gasteiger partial charge is 0.311 e. The summed E-state index contributed by atoms with van der Waals surface area (Å²) >= 11 is 0. The second-order valence-corrected chi connectivity index (χ2v) is 17.9. The van der Waals surface area contributed by atoms with Crippen LogP contribution < -0.4 is 9.80 Å². The Morgan fingerprint density at radius 2 is 1.05 bits per heavy atom. The topological polar surface area (TPSA) is 6.48 Å². The van der Waals surface area contributed by atoms with Gasteiger partial charge < -0.3 is 9.80 Å². The zero-order chi connectivity index (χ0) is 42.6. The Labute approximate surface area is 369 Å². The predicted octanol–water partition coefficient (Wildman–Crippen LogP) is 18.0. The summed E-state index contributed by atoms with van der Waals surface area (Å²) < 4.78 is 0.